The Morgan fingerprint density at radius 1 is 1.00 bits per heavy atom. The van der Waals surface area contributed by atoms with Crippen molar-refractivity contribution in [3.8, 4) is 16.9 Å². The fourth-order valence-corrected chi connectivity index (χ4v) is 3.58. The maximum Gasteiger partial charge on any atom is 0.295 e. The number of aryl methyl sites for hydroxylation is 1. The summed E-state index contributed by atoms with van der Waals surface area (Å²) < 4.78 is 38.3. The lowest BCUT2D eigenvalue weighted by Gasteiger charge is -2.13. The summed E-state index contributed by atoms with van der Waals surface area (Å²) in [6.45, 7) is 1.81. The average molecular weight is 356 g/mol. The van der Waals surface area contributed by atoms with E-state index in [1.54, 1.807) is 36.4 Å². The van der Waals surface area contributed by atoms with Crippen LogP contribution in [0.25, 0.3) is 21.9 Å². The van der Waals surface area contributed by atoms with E-state index in [-0.39, 0.29) is 10.5 Å². The van der Waals surface area contributed by atoms with Crippen LogP contribution in [-0.4, -0.2) is 26.4 Å². The lowest BCUT2D eigenvalue weighted by atomic mass is 9.94. The largest absolute Gasteiger partial charge is 0.497 e. The quantitative estimate of drug-likeness (QED) is 0.567. The molecular formula is C19H16O5S. The molecule has 0 fully saturated rings. The highest BCUT2D eigenvalue weighted by molar-refractivity contribution is 7.86. The number of methoxy groups -OCH3 is 1. The van der Waals surface area contributed by atoms with Crippen molar-refractivity contribution >= 4 is 27.2 Å². The van der Waals surface area contributed by atoms with Crippen LogP contribution in [-0.2, 0) is 10.1 Å². The number of fused-ring (bicyclic) bond motifs is 1. The monoisotopic (exact) mass is 356 g/mol. The summed E-state index contributed by atoms with van der Waals surface area (Å²) >= 11 is 0. The molecule has 3 rings (SSSR count). The number of hydrogen-bond acceptors (Lipinski definition) is 4. The number of hydrogen-bond donors (Lipinski definition) is 1. The van der Waals surface area contributed by atoms with E-state index in [4.69, 9.17) is 4.74 Å². The van der Waals surface area contributed by atoms with E-state index in [2.05, 4.69) is 0 Å². The molecule has 0 aliphatic rings. The summed E-state index contributed by atoms with van der Waals surface area (Å²) in [5, 5.41) is 1.47. The smallest absolute Gasteiger partial charge is 0.295 e. The molecule has 0 saturated heterocycles. The third kappa shape index (κ3) is 3.14. The Morgan fingerprint density at radius 2 is 1.72 bits per heavy atom. The first-order valence-corrected chi connectivity index (χ1v) is 8.93. The first-order valence-electron chi connectivity index (χ1n) is 7.49. The van der Waals surface area contributed by atoms with Gasteiger partial charge >= 0.3 is 0 Å². The molecule has 0 radical (unpaired) electrons. The summed E-state index contributed by atoms with van der Waals surface area (Å²) in [5.41, 5.74) is 1.87. The van der Waals surface area contributed by atoms with Crippen LogP contribution in [0.1, 0.15) is 15.9 Å². The minimum atomic E-state index is -4.43. The predicted molar refractivity (Wildman–Crippen MR) is 95.9 cm³/mol. The molecule has 0 atom stereocenters. The molecule has 128 valence electrons. The summed E-state index contributed by atoms with van der Waals surface area (Å²) in [6.07, 6.45) is 0.688. The molecule has 3 aromatic carbocycles. The lowest BCUT2D eigenvalue weighted by molar-refractivity contribution is 0.112. The van der Waals surface area contributed by atoms with E-state index < -0.39 is 10.1 Å². The second-order valence-electron chi connectivity index (χ2n) is 5.71. The van der Waals surface area contributed by atoms with Crippen molar-refractivity contribution in [2.24, 2.45) is 0 Å². The highest BCUT2D eigenvalue weighted by Crippen LogP contribution is 2.35. The van der Waals surface area contributed by atoms with Crippen LogP contribution in [0.3, 0.4) is 0 Å². The SMILES string of the molecule is COc1ccc2ccc(-c3cc(C)ccc3S(=O)(=O)O)c(C=O)c2c1. The van der Waals surface area contributed by atoms with Crippen LogP contribution in [0.2, 0.25) is 0 Å². The highest BCUT2D eigenvalue weighted by Gasteiger charge is 2.20. The van der Waals surface area contributed by atoms with Crippen LogP contribution in [0, 0.1) is 6.92 Å². The van der Waals surface area contributed by atoms with Gasteiger partial charge in [-0.25, -0.2) is 0 Å². The molecule has 0 aliphatic carbocycles. The van der Waals surface area contributed by atoms with Crippen LogP contribution in [0.5, 0.6) is 5.75 Å². The average Bonchev–Trinajstić information content (AvgIpc) is 2.58. The molecule has 0 aromatic heterocycles. The molecule has 3 aromatic rings. The third-order valence-corrected chi connectivity index (χ3v) is 5.00. The molecule has 0 amide bonds. The Balaban J connectivity index is 2.41. The molecule has 0 aliphatic heterocycles. The Bertz CT molecular complexity index is 1080. The van der Waals surface area contributed by atoms with E-state index in [0.717, 1.165) is 10.9 Å². The predicted octanol–water partition coefficient (Wildman–Crippen LogP) is 3.88. The summed E-state index contributed by atoms with van der Waals surface area (Å²) in [6, 6.07) is 13.4. The molecular weight excluding hydrogens is 340 g/mol. The summed E-state index contributed by atoms with van der Waals surface area (Å²) in [5.74, 6) is 0.590. The Hall–Kier alpha value is -2.70. The summed E-state index contributed by atoms with van der Waals surface area (Å²) in [4.78, 5) is 11.6. The van der Waals surface area contributed by atoms with Gasteiger partial charge in [-0.15, -0.1) is 0 Å². The second-order valence-corrected chi connectivity index (χ2v) is 7.10. The topological polar surface area (TPSA) is 80.7 Å². The van der Waals surface area contributed by atoms with Gasteiger partial charge in [-0.2, -0.15) is 8.42 Å². The van der Waals surface area contributed by atoms with Gasteiger partial charge in [0.25, 0.3) is 10.1 Å². The molecule has 0 heterocycles. The van der Waals surface area contributed by atoms with Gasteiger partial charge in [0.05, 0.1) is 7.11 Å². The minimum Gasteiger partial charge on any atom is -0.497 e. The van der Waals surface area contributed by atoms with E-state index in [0.29, 0.717) is 28.5 Å². The zero-order valence-electron chi connectivity index (χ0n) is 13.7. The second kappa shape index (κ2) is 6.31. The Morgan fingerprint density at radius 3 is 2.36 bits per heavy atom. The number of ether oxygens (including phenoxy) is 1. The van der Waals surface area contributed by atoms with Crippen molar-refractivity contribution in [3.05, 3.63) is 59.7 Å². The number of aldehydes is 1. The molecule has 6 heteroatoms. The summed E-state index contributed by atoms with van der Waals surface area (Å²) in [7, 11) is -2.90. The number of rotatable bonds is 4. The molecule has 25 heavy (non-hydrogen) atoms. The van der Waals surface area contributed by atoms with Gasteiger partial charge in [-0.3, -0.25) is 9.35 Å². The van der Waals surface area contributed by atoms with Gasteiger partial charge in [0.2, 0.25) is 0 Å². The van der Waals surface area contributed by atoms with Crippen LogP contribution in [0.15, 0.2) is 53.4 Å². The van der Waals surface area contributed by atoms with E-state index >= 15 is 0 Å². The first kappa shape index (κ1) is 17.1. The van der Waals surface area contributed by atoms with Gasteiger partial charge in [0, 0.05) is 11.1 Å². The maximum absolute atomic E-state index is 11.8. The standard InChI is InChI=1S/C19H16O5S/c1-12-3-8-19(25(21,22)23)17(9-12)15-7-5-13-4-6-14(24-2)10-16(13)18(15)11-20/h3-11H,1-2H3,(H,21,22,23). The Labute approximate surface area is 145 Å². The van der Waals surface area contributed by atoms with E-state index in [9.17, 15) is 17.8 Å². The molecule has 0 unspecified atom stereocenters. The Kier molecular flexibility index (Phi) is 4.32. The molecule has 0 bridgehead atoms. The molecule has 0 spiro atoms. The first-order chi connectivity index (χ1) is 11.8. The number of carbonyl (C=O) groups excluding carboxylic acids is 1. The van der Waals surface area contributed by atoms with Crippen molar-refractivity contribution < 1.29 is 22.5 Å². The van der Waals surface area contributed by atoms with Gasteiger partial charge in [-0.1, -0.05) is 35.9 Å². The van der Waals surface area contributed by atoms with E-state index in [1.165, 1.54) is 13.2 Å². The normalized spacial score (nSPS) is 11.5. The number of benzene rings is 3. The van der Waals surface area contributed by atoms with Crippen LogP contribution >= 0.6 is 0 Å². The minimum absolute atomic E-state index is 0.233. The fraction of sp³-hybridized carbons (Fsp3) is 0.105. The maximum atomic E-state index is 11.8. The van der Waals surface area contributed by atoms with E-state index in [1.807, 2.05) is 13.0 Å². The molecule has 0 saturated carbocycles. The van der Waals surface area contributed by atoms with Crippen LogP contribution < -0.4 is 4.74 Å². The fourth-order valence-electron chi connectivity index (χ4n) is 2.89. The highest BCUT2D eigenvalue weighted by atomic mass is 32.2. The van der Waals surface area contributed by atoms with Crippen molar-refractivity contribution in [1.29, 1.82) is 0 Å². The van der Waals surface area contributed by atoms with Crippen LogP contribution in [0.4, 0.5) is 0 Å². The zero-order chi connectivity index (χ0) is 18.2. The van der Waals surface area contributed by atoms with Gasteiger partial charge in [-0.05, 0) is 41.5 Å². The van der Waals surface area contributed by atoms with Gasteiger partial charge in [0.1, 0.15) is 10.6 Å². The molecule has 1 N–H and O–H groups in total. The lowest BCUT2D eigenvalue weighted by Crippen LogP contribution is -2.02. The van der Waals surface area contributed by atoms with Crippen molar-refractivity contribution in [2.75, 3.05) is 7.11 Å². The third-order valence-electron chi connectivity index (χ3n) is 4.09. The van der Waals surface area contributed by atoms with Crippen molar-refractivity contribution in [3.63, 3.8) is 0 Å². The van der Waals surface area contributed by atoms with Gasteiger partial charge < -0.3 is 4.74 Å². The van der Waals surface area contributed by atoms with Gasteiger partial charge in [0.15, 0.2) is 6.29 Å². The molecule has 5 nitrogen and oxygen atoms in total. The zero-order valence-corrected chi connectivity index (χ0v) is 14.5. The van der Waals surface area contributed by atoms with Crippen molar-refractivity contribution in [2.45, 2.75) is 11.8 Å². The number of carbonyl (C=O) groups is 1. The van der Waals surface area contributed by atoms with Crippen molar-refractivity contribution in [1.82, 2.24) is 0 Å².